The first-order chi connectivity index (χ1) is 20.6. The Balaban J connectivity index is 1.52. The summed E-state index contributed by atoms with van der Waals surface area (Å²) in [5, 5.41) is 12.3. The molecule has 0 saturated heterocycles. The Labute approximate surface area is 249 Å². The molecule has 1 aromatic heterocycles. The molecule has 1 atom stereocenters. The monoisotopic (exact) mass is 634 g/mol. The second-order valence-corrected chi connectivity index (χ2v) is 12.3. The van der Waals surface area contributed by atoms with Gasteiger partial charge in [-0.2, -0.15) is 13.2 Å². The van der Waals surface area contributed by atoms with E-state index in [1.165, 1.54) is 71.3 Å². The number of carbonyl (C=O) groups excluding carboxylic acids is 1. The molecule has 0 radical (unpaired) electrons. The predicted octanol–water partition coefficient (Wildman–Crippen LogP) is 4.43. The van der Waals surface area contributed by atoms with Gasteiger partial charge in [0, 0.05) is 24.3 Å². The van der Waals surface area contributed by atoms with Gasteiger partial charge in [-0.3, -0.25) is 9.29 Å². The van der Waals surface area contributed by atoms with Crippen molar-refractivity contribution in [2.45, 2.75) is 49.5 Å². The van der Waals surface area contributed by atoms with E-state index in [4.69, 9.17) is 4.74 Å². The van der Waals surface area contributed by atoms with Crippen LogP contribution in [0, 0.1) is 0 Å². The molecule has 0 saturated carbocycles. The number of aromatic amines is 1. The third-order valence-corrected chi connectivity index (χ3v) is 8.19. The molecule has 44 heavy (non-hydrogen) atoms. The Kier molecular flexibility index (Phi) is 9.20. The number of benzene rings is 3. The van der Waals surface area contributed by atoms with E-state index < -0.39 is 45.5 Å². The molecule has 4 rings (SSSR count). The number of hydrogen-bond acceptors (Lipinski definition) is 7. The fourth-order valence-corrected chi connectivity index (χ4v) is 5.48. The Morgan fingerprint density at radius 2 is 1.73 bits per heavy atom. The number of carbonyl (C=O) groups is 2. The number of anilines is 1. The van der Waals surface area contributed by atoms with Crippen molar-refractivity contribution in [2.24, 2.45) is 0 Å². The first-order valence-corrected chi connectivity index (χ1v) is 14.7. The summed E-state index contributed by atoms with van der Waals surface area (Å²) < 4.78 is 73.6. The number of rotatable bonds is 12. The highest BCUT2D eigenvalue weighted by Crippen LogP contribution is 2.27. The lowest BCUT2D eigenvalue weighted by Crippen LogP contribution is -2.44. The lowest BCUT2D eigenvalue weighted by molar-refractivity contribution is -0.205. The summed E-state index contributed by atoms with van der Waals surface area (Å²) in [6.45, 7) is 3.36. The van der Waals surface area contributed by atoms with Crippen molar-refractivity contribution in [3.8, 4) is 0 Å². The zero-order chi connectivity index (χ0) is 32.3. The first kappa shape index (κ1) is 32.3. The number of aromatic carboxylic acids is 1. The number of hydrogen-bond donors (Lipinski definition) is 4. The van der Waals surface area contributed by atoms with Crippen LogP contribution in [-0.2, 0) is 26.1 Å². The molecular weight excluding hydrogens is 605 g/mol. The Hall–Kier alpha value is -4.63. The molecule has 0 aliphatic carbocycles. The van der Waals surface area contributed by atoms with Crippen molar-refractivity contribution in [1.29, 1.82) is 0 Å². The van der Waals surface area contributed by atoms with Crippen LogP contribution in [0.2, 0.25) is 0 Å². The van der Waals surface area contributed by atoms with Gasteiger partial charge in [-0.1, -0.05) is 30.3 Å². The maximum absolute atomic E-state index is 13.1. The van der Waals surface area contributed by atoms with Gasteiger partial charge >= 0.3 is 23.8 Å². The molecule has 0 spiro atoms. The van der Waals surface area contributed by atoms with Crippen molar-refractivity contribution in [1.82, 2.24) is 14.9 Å². The summed E-state index contributed by atoms with van der Waals surface area (Å²) >= 11 is 0. The average Bonchev–Trinajstić information content (AvgIpc) is 3.27. The molecule has 0 amide bonds. The molecule has 11 nitrogen and oxygen atoms in total. The smallest absolute Gasteiger partial charge is 0.478 e. The van der Waals surface area contributed by atoms with Crippen LogP contribution < -0.4 is 15.7 Å². The molecule has 1 heterocycles. The molecule has 4 aromatic rings. The number of esters is 1. The third kappa shape index (κ3) is 7.85. The Bertz CT molecular complexity index is 1830. The number of H-pyrrole nitrogens is 1. The van der Waals surface area contributed by atoms with Gasteiger partial charge in [0.2, 0.25) is 0 Å². The maximum Gasteiger partial charge on any atom is 0.490 e. The number of sulfonamides is 1. The van der Waals surface area contributed by atoms with Crippen LogP contribution in [0.4, 0.5) is 18.9 Å². The summed E-state index contributed by atoms with van der Waals surface area (Å²) in [7, 11) is -4.01. The normalized spacial score (nSPS) is 13.0. The van der Waals surface area contributed by atoms with E-state index in [2.05, 4.69) is 15.0 Å². The Morgan fingerprint density at radius 3 is 2.39 bits per heavy atom. The summed E-state index contributed by atoms with van der Waals surface area (Å²) in [4.78, 5) is 38.2. The molecule has 234 valence electrons. The van der Waals surface area contributed by atoms with Crippen LogP contribution in [-0.4, -0.2) is 53.3 Å². The number of carboxylic acid groups (broad SMARTS) is 1. The zero-order valence-corrected chi connectivity index (χ0v) is 24.3. The summed E-state index contributed by atoms with van der Waals surface area (Å²) in [6.07, 6.45) is -6.44. The third-order valence-electron chi connectivity index (χ3n) is 6.79. The zero-order valence-electron chi connectivity index (χ0n) is 23.5. The summed E-state index contributed by atoms with van der Waals surface area (Å²) in [5.74, 6) is -3.56. The average molecular weight is 635 g/mol. The van der Waals surface area contributed by atoms with E-state index in [1.807, 2.05) is 0 Å². The van der Waals surface area contributed by atoms with Gasteiger partial charge in [0.05, 0.1) is 21.5 Å². The van der Waals surface area contributed by atoms with Gasteiger partial charge < -0.3 is 20.1 Å². The van der Waals surface area contributed by atoms with E-state index in [9.17, 15) is 41.1 Å². The second kappa shape index (κ2) is 12.5. The Morgan fingerprint density at radius 1 is 1.02 bits per heavy atom. The highest BCUT2D eigenvalue weighted by atomic mass is 32.2. The fourth-order valence-electron chi connectivity index (χ4n) is 4.41. The number of alkyl halides is 3. The van der Waals surface area contributed by atoms with Crippen LogP contribution in [0.5, 0.6) is 0 Å². The number of halogens is 3. The SMILES string of the molecule is CC(C)(CCn1c(=O)[nH]c2cc(C(=O)O)ccc21)NCC(OC(=O)C(F)(F)F)c1cccc(NS(=O)(=O)c2ccccc2)c1. The lowest BCUT2D eigenvalue weighted by atomic mass is 9.99. The van der Waals surface area contributed by atoms with Crippen LogP contribution in [0.25, 0.3) is 11.0 Å². The minimum absolute atomic E-state index is 0.00396. The predicted molar refractivity (Wildman–Crippen MR) is 155 cm³/mol. The van der Waals surface area contributed by atoms with Crippen molar-refractivity contribution in [3.63, 3.8) is 0 Å². The number of ether oxygens (including phenoxy) is 1. The van der Waals surface area contributed by atoms with E-state index in [1.54, 1.807) is 19.9 Å². The molecule has 3 aromatic carbocycles. The fraction of sp³-hybridized carbons (Fsp3) is 0.276. The number of carboxylic acids is 1. The molecule has 4 N–H and O–H groups in total. The van der Waals surface area contributed by atoms with Crippen molar-refractivity contribution >= 4 is 38.7 Å². The van der Waals surface area contributed by atoms with Crippen LogP contribution in [0.3, 0.4) is 0 Å². The molecule has 0 fully saturated rings. The standard InChI is InChI=1S/C29H29F3N4O7S/c1-28(2,13-14-36-23-12-11-19(25(37)38)16-22(23)34-27(36)40)33-17-24(43-26(39)29(30,31)32)18-7-6-8-20(15-18)35-44(41,42)21-9-4-3-5-10-21/h3-12,15-16,24,33,35H,13-14,17H2,1-2H3,(H,34,40)(H,37,38). The quantitative estimate of drug-likeness (QED) is 0.167. The van der Waals surface area contributed by atoms with Crippen LogP contribution in [0.1, 0.15) is 42.3 Å². The van der Waals surface area contributed by atoms with Gasteiger partial charge in [0.1, 0.15) is 6.10 Å². The molecule has 15 heteroatoms. The largest absolute Gasteiger partial charge is 0.490 e. The van der Waals surface area contributed by atoms with E-state index >= 15 is 0 Å². The van der Waals surface area contributed by atoms with Gasteiger partial charge in [0.25, 0.3) is 10.0 Å². The van der Waals surface area contributed by atoms with E-state index in [0.29, 0.717) is 11.0 Å². The highest BCUT2D eigenvalue weighted by Gasteiger charge is 2.42. The topological polar surface area (TPSA) is 160 Å². The molecule has 0 aliphatic heterocycles. The second-order valence-electron chi connectivity index (χ2n) is 10.6. The van der Waals surface area contributed by atoms with Gasteiger partial charge in [-0.15, -0.1) is 0 Å². The molecule has 0 aliphatic rings. The molecular formula is C29H29F3N4O7S. The summed E-state index contributed by atoms with van der Waals surface area (Å²) in [5.41, 5.74) is -0.316. The van der Waals surface area contributed by atoms with Crippen molar-refractivity contribution < 1.29 is 41.0 Å². The van der Waals surface area contributed by atoms with E-state index in [-0.39, 0.29) is 41.2 Å². The van der Waals surface area contributed by atoms with Crippen LogP contribution in [0.15, 0.2) is 82.5 Å². The molecule has 0 bridgehead atoms. The number of nitrogens with zero attached hydrogens (tertiary/aromatic N) is 1. The number of imidazole rings is 1. The number of fused-ring (bicyclic) bond motifs is 1. The molecule has 1 unspecified atom stereocenters. The van der Waals surface area contributed by atoms with Crippen LogP contribution >= 0.6 is 0 Å². The minimum Gasteiger partial charge on any atom is -0.478 e. The minimum atomic E-state index is -5.27. The number of aromatic nitrogens is 2. The van der Waals surface area contributed by atoms with Crippen molar-refractivity contribution in [2.75, 3.05) is 11.3 Å². The van der Waals surface area contributed by atoms with Crippen molar-refractivity contribution in [3.05, 3.63) is 94.4 Å². The summed E-state index contributed by atoms with van der Waals surface area (Å²) in [6, 6.07) is 17.2. The van der Waals surface area contributed by atoms with E-state index in [0.717, 1.165) is 0 Å². The first-order valence-electron chi connectivity index (χ1n) is 13.2. The highest BCUT2D eigenvalue weighted by molar-refractivity contribution is 7.92. The number of aryl methyl sites for hydroxylation is 1. The van der Waals surface area contributed by atoms with Gasteiger partial charge in [0.15, 0.2) is 0 Å². The van der Waals surface area contributed by atoms with Gasteiger partial charge in [-0.05, 0) is 68.3 Å². The lowest BCUT2D eigenvalue weighted by Gasteiger charge is -2.29. The van der Waals surface area contributed by atoms with Gasteiger partial charge in [-0.25, -0.2) is 22.8 Å². The maximum atomic E-state index is 13.1. The number of nitrogens with one attached hydrogen (secondary N) is 3.